The van der Waals surface area contributed by atoms with Crippen molar-refractivity contribution in [3.8, 4) is 5.75 Å². The van der Waals surface area contributed by atoms with Gasteiger partial charge in [-0.15, -0.1) is 0 Å². The number of aromatic nitrogens is 1. The number of rotatable bonds is 7. The maximum atomic E-state index is 11.7. The number of esters is 1. The average Bonchev–Trinajstić information content (AvgIpc) is 2.98. The molecule has 0 bridgehead atoms. The zero-order chi connectivity index (χ0) is 16.7. The Labute approximate surface area is 139 Å². The van der Waals surface area contributed by atoms with Crippen LogP contribution in [0.4, 0.5) is 5.13 Å². The Morgan fingerprint density at radius 1 is 1.43 bits per heavy atom. The molecular formula is C16H19N3O3S. The van der Waals surface area contributed by atoms with Crippen LogP contribution in [0.5, 0.6) is 5.75 Å². The highest BCUT2D eigenvalue weighted by atomic mass is 32.1. The summed E-state index contributed by atoms with van der Waals surface area (Å²) in [6.45, 7) is 4.50. The third-order valence-corrected chi connectivity index (χ3v) is 3.93. The minimum atomic E-state index is -0.374. The lowest BCUT2D eigenvalue weighted by molar-refractivity contribution is 0.0605. The van der Waals surface area contributed by atoms with Crippen molar-refractivity contribution in [2.45, 2.75) is 20.3 Å². The Bertz CT molecular complexity index is 698. The largest absolute Gasteiger partial charge is 0.494 e. The highest BCUT2D eigenvalue weighted by Gasteiger charge is 2.17. The quantitative estimate of drug-likeness (QED) is 0.478. The Morgan fingerprint density at radius 3 is 2.96 bits per heavy atom. The summed E-state index contributed by atoms with van der Waals surface area (Å²) in [4.78, 5) is 16.5. The number of hydrogen-bond donors (Lipinski definition) is 1. The van der Waals surface area contributed by atoms with Crippen LogP contribution in [0.25, 0.3) is 0 Å². The monoisotopic (exact) mass is 333 g/mol. The summed E-state index contributed by atoms with van der Waals surface area (Å²) in [7, 11) is 1.36. The zero-order valence-corrected chi connectivity index (χ0v) is 14.1. The molecule has 0 saturated heterocycles. The summed E-state index contributed by atoms with van der Waals surface area (Å²) in [5, 5.41) is 4.71. The number of carbonyl (C=O) groups is 1. The number of hydrazone groups is 1. The smallest absolute Gasteiger partial charge is 0.350 e. The molecule has 23 heavy (non-hydrogen) atoms. The van der Waals surface area contributed by atoms with Gasteiger partial charge in [0.05, 0.1) is 25.6 Å². The Balaban J connectivity index is 2.07. The summed E-state index contributed by atoms with van der Waals surface area (Å²) in [6, 6.07) is 7.62. The fourth-order valence-electron chi connectivity index (χ4n) is 1.90. The van der Waals surface area contributed by atoms with E-state index in [4.69, 9.17) is 9.47 Å². The molecule has 0 aliphatic heterocycles. The molecule has 0 radical (unpaired) electrons. The van der Waals surface area contributed by atoms with Crippen LogP contribution in [0.3, 0.4) is 0 Å². The van der Waals surface area contributed by atoms with E-state index in [1.165, 1.54) is 18.4 Å². The molecule has 122 valence electrons. The lowest BCUT2D eigenvalue weighted by Gasteiger charge is -2.02. The van der Waals surface area contributed by atoms with Crippen molar-refractivity contribution in [1.29, 1.82) is 0 Å². The Kier molecular flexibility index (Phi) is 6.10. The number of carbonyl (C=O) groups excluding carboxylic acids is 1. The number of benzene rings is 1. The molecule has 6 nitrogen and oxygen atoms in total. The predicted octanol–water partition coefficient (Wildman–Crippen LogP) is 3.34. The molecular weight excluding hydrogens is 314 g/mol. The molecule has 1 N–H and O–H groups in total. The topological polar surface area (TPSA) is 72.8 Å². The van der Waals surface area contributed by atoms with E-state index in [9.17, 15) is 4.79 Å². The van der Waals surface area contributed by atoms with Crippen molar-refractivity contribution in [3.63, 3.8) is 0 Å². The summed E-state index contributed by atoms with van der Waals surface area (Å²) < 4.78 is 10.2. The third kappa shape index (κ3) is 4.53. The Hall–Kier alpha value is -2.41. The first kappa shape index (κ1) is 17.0. The highest BCUT2D eigenvalue weighted by molar-refractivity contribution is 7.17. The van der Waals surface area contributed by atoms with Gasteiger partial charge in [-0.3, -0.25) is 5.43 Å². The molecule has 0 aliphatic carbocycles. The standard InChI is InChI=1S/C16H19N3O3S/c1-4-13-14(15(20)21-3)23-16(18-13)19-17-10-11-7-6-8-12(9-11)22-5-2/h6-10H,4-5H2,1-3H3,(H,18,19)/b17-10-. The van der Waals surface area contributed by atoms with Gasteiger partial charge in [-0.25, -0.2) is 9.78 Å². The van der Waals surface area contributed by atoms with Gasteiger partial charge >= 0.3 is 5.97 Å². The van der Waals surface area contributed by atoms with Crippen LogP contribution in [0, 0.1) is 0 Å². The number of thiazole rings is 1. The van der Waals surface area contributed by atoms with Gasteiger partial charge in [0.1, 0.15) is 10.6 Å². The van der Waals surface area contributed by atoms with E-state index < -0.39 is 0 Å². The third-order valence-electron chi connectivity index (χ3n) is 2.95. The molecule has 0 fully saturated rings. The van der Waals surface area contributed by atoms with E-state index in [0.29, 0.717) is 28.7 Å². The molecule has 1 heterocycles. The lowest BCUT2D eigenvalue weighted by Crippen LogP contribution is -2.01. The van der Waals surface area contributed by atoms with Crippen molar-refractivity contribution >= 4 is 28.7 Å². The number of anilines is 1. The normalized spacial score (nSPS) is 10.7. The number of nitrogens with zero attached hydrogens (tertiary/aromatic N) is 2. The molecule has 2 rings (SSSR count). The van der Waals surface area contributed by atoms with Crippen LogP contribution < -0.4 is 10.2 Å². The first-order valence-corrected chi connectivity index (χ1v) is 8.09. The van der Waals surface area contributed by atoms with Crippen molar-refractivity contribution in [3.05, 3.63) is 40.4 Å². The fourth-order valence-corrected chi connectivity index (χ4v) is 2.83. The molecule has 0 saturated carbocycles. The minimum absolute atomic E-state index is 0.374. The SMILES string of the molecule is CCOc1cccc(/C=N\Nc2nc(CC)c(C(=O)OC)s2)c1. The van der Waals surface area contributed by atoms with E-state index in [-0.39, 0.29) is 5.97 Å². The summed E-state index contributed by atoms with van der Waals surface area (Å²) >= 11 is 1.23. The van der Waals surface area contributed by atoms with Crippen molar-refractivity contribution in [2.75, 3.05) is 19.1 Å². The van der Waals surface area contributed by atoms with Crippen molar-refractivity contribution in [1.82, 2.24) is 4.98 Å². The van der Waals surface area contributed by atoms with E-state index in [0.717, 1.165) is 11.3 Å². The van der Waals surface area contributed by atoms with Crippen LogP contribution in [0.15, 0.2) is 29.4 Å². The number of methoxy groups -OCH3 is 1. The van der Waals surface area contributed by atoms with Crippen LogP contribution in [-0.2, 0) is 11.2 Å². The van der Waals surface area contributed by atoms with Gasteiger partial charge in [-0.05, 0) is 31.0 Å². The first-order chi connectivity index (χ1) is 11.2. The second-order valence-corrected chi connectivity index (χ2v) is 5.51. The molecule has 0 spiro atoms. The second kappa shape index (κ2) is 8.28. The Morgan fingerprint density at radius 2 is 2.26 bits per heavy atom. The van der Waals surface area contributed by atoms with E-state index in [1.807, 2.05) is 38.1 Å². The van der Waals surface area contributed by atoms with E-state index >= 15 is 0 Å². The molecule has 0 amide bonds. The molecule has 0 unspecified atom stereocenters. The molecule has 0 atom stereocenters. The molecule has 0 aliphatic rings. The van der Waals surface area contributed by atoms with Gasteiger partial charge < -0.3 is 9.47 Å². The van der Waals surface area contributed by atoms with E-state index in [2.05, 4.69) is 15.5 Å². The maximum Gasteiger partial charge on any atom is 0.350 e. The summed E-state index contributed by atoms with van der Waals surface area (Å²) in [5.74, 6) is 0.424. The molecule has 2 aromatic rings. The number of ether oxygens (including phenoxy) is 2. The van der Waals surface area contributed by atoms with Gasteiger partial charge in [0, 0.05) is 0 Å². The number of nitrogens with one attached hydrogen (secondary N) is 1. The van der Waals surface area contributed by atoms with Gasteiger partial charge in [0.15, 0.2) is 0 Å². The fraction of sp³-hybridized carbons (Fsp3) is 0.312. The number of aryl methyl sites for hydroxylation is 1. The zero-order valence-electron chi connectivity index (χ0n) is 13.3. The van der Waals surface area contributed by atoms with Crippen molar-refractivity contribution in [2.24, 2.45) is 5.10 Å². The van der Waals surface area contributed by atoms with Gasteiger partial charge in [-0.1, -0.05) is 30.4 Å². The molecule has 1 aromatic carbocycles. The van der Waals surface area contributed by atoms with Gasteiger partial charge in [0.25, 0.3) is 0 Å². The number of hydrogen-bond acceptors (Lipinski definition) is 7. The first-order valence-electron chi connectivity index (χ1n) is 7.27. The highest BCUT2D eigenvalue weighted by Crippen LogP contribution is 2.24. The van der Waals surface area contributed by atoms with Gasteiger partial charge in [0.2, 0.25) is 5.13 Å². The van der Waals surface area contributed by atoms with Crippen LogP contribution in [0.2, 0.25) is 0 Å². The summed E-state index contributed by atoms with van der Waals surface area (Å²) in [6.07, 6.45) is 2.33. The second-order valence-electron chi connectivity index (χ2n) is 4.52. The summed E-state index contributed by atoms with van der Waals surface area (Å²) in [5.41, 5.74) is 4.46. The van der Waals surface area contributed by atoms with Crippen LogP contribution >= 0.6 is 11.3 Å². The van der Waals surface area contributed by atoms with E-state index in [1.54, 1.807) is 6.21 Å². The average molecular weight is 333 g/mol. The minimum Gasteiger partial charge on any atom is -0.494 e. The predicted molar refractivity (Wildman–Crippen MR) is 91.7 cm³/mol. The van der Waals surface area contributed by atoms with Crippen LogP contribution in [-0.4, -0.2) is 30.9 Å². The molecule has 7 heteroatoms. The lowest BCUT2D eigenvalue weighted by atomic mass is 10.2. The van der Waals surface area contributed by atoms with Crippen LogP contribution in [0.1, 0.15) is 34.8 Å². The maximum absolute atomic E-state index is 11.7. The van der Waals surface area contributed by atoms with Gasteiger partial charge in [-0.2, -0.15) is 5.10 Å². The molecule has 1 aromatic heterocycles. The van der Waals surface area contributed by atoms with Crippen molar-refractivity contribution < 1.29 is 14.3 Å².